The molecule has 0 saturated carbocycles. The molecule has 0 aliphatic heterocycles. The summed E-state index contributed by atoms with van der Waals surface area (Å²) >= 11 is 1.59. The molecule has 3 aromatic heterocycles. The van der Waals surface area contributed by atoms with Crippen LogP contribution in [0.2, 0.25) is 0 Å². The number of aryl methyl sites for hydroxylation is 1. The van der Waals surface area contributed by atoms with Crippen molar-refractivity contribution in [2.24, 2.45) is 0 Å². The van der Waals surface area contributed by atoms with Crippen LogP contribution in [0.5, 0.6) is 0 Å². The van der Waals surface area contributed by atoms with Gasteiger partial charge in [0.1, 0.15) is 5.01 Å². The van der Waals surface area contributed by atoms with E-state index in [0.29, 0.717) is 11.1 Å². The van der Waals surface area contributed by atoms with Gasteiger partial charge in [-0.05, 0) is 45.1 Å². The van der Waals surface area contributed by atoms with Crippen molar-refractivity contribution in [2.45, 2.75) is 20.8 Å². The van der Waals surface area contributed by atoms with Gasteiger partial charge in [-0.1, -0.05) is 12.1 Å². The topological polar surface area (TPSA) is 55.9 Å². The fourth-order valence-electron chi connectivity index (χ4n) is 2.92. The third-order valence-electron chi connectivity index (χ3n) is 4.39. The Labute approximate surface area is 141 Å². The van der Waals surface area contributed by atoms with Gasteiger partial charge >= 0.3 is 0 Å². The fourth-order valence-corrected chi connectivity index (χ4v) is 3.79. The van der Waals surface area contributed by atoms with Crippen molar-refractivity contribution in [1.82, 2.24) is 14.0 Å². The van der Waals surface area contributed by atoms with Gasteiger partial charge in [0.05, 0.1) is 15.9 Å². The Balaban J connectivity index is 1.90. The van der Waals surface area contributed by atoms with E-state index in [1.807, 2.05) is 43.3 Å². The molecule has 0 aliphatic rings. The van der Waals surface area contributed by atoms with Crippen LogP contribution in [0.15, 0.2) is 33.9 Å². The summed E-state index contributed by atoms with van der Waals surface area (Å²) in [7, 11) is 0. The molecule has 6 heteroatoms. The first-order valence-electron chi connectivity index (χ1n) is 7.60. The second kappa shape index (κ2) is 5.14. The zero-order valence-corrected chi connectivity index (χ0v) is 14.3. The molecule has 1 aromatic carbocycles. The largest absolute Gasteiger partial charge is 0.278 e. The molecule has 0 fully saturated rings. The average molecular weight is 337 g/mol. The number of para-hydroxylation sites is 1. The zero-order valence-electron chi connectivity index (χ0n) is 13.5. The molecule has 0 aliphatic carbocycles. The van der Waals surface area contributed by atoms with E-state index in [0.717, 1.165) is 26.6 Å². The molecular weight excluding hydrogens is 322 g/mol. The van der Waals surface area contributed by atoms with Crippen LogP contribution in [0.3, 0.4) is 0 Å². The van der Waals surface area contributed by atoms with Gasteiger partial charge in [0.15, 0.2) is 0 Å². The number of nitrogens with zero attached hydrogens (tertiary/aromatic N) is 3. The lowest BCUT2D eigenvalue weighted by Gasteiger charge is -1.97. The van der Waals surface area contributed by atoms with Crippen molar-refractivity contribution in [3.63, 3.8) is 0 Å². The van der Waals surface area contributed by atoms with Crippen LogP contribution in [-0.4, -0.2) is 14.0 Å². The minimum atomic E-state index is -0.264. The Bertz CT molecular complexity index is 1190. The van der Waals surface area contributed by atoms with E-state index in [1.54, 1.807) is 29.7 Å². The second-order valence-corrected chi connectivity index (χ2v) is 6.87. The van der Waals surface area contributed by atoms with Gasteiger partial charge in [-0.25, -0.2) is 9.50 Å². The van der Waals surface area contributed by atoms with Crippen LogP contribution in [0, 0.1) is 20.8 Å². The van der Waals surface area contributed by atoms with Gasteiger partial charge < -0.3 is 0 Å². The maximum absolute atomic E-state index is 12.4. The highest BCUT2D eigenvalue weighted by Gasteiger charge is 2.18. The fraction of sp³-hybridized carbons (Fsp3) is 0.167. The van der Waals surface area contributed by atoms with E-state index in [4.69, 9.17) is 0 Å². The van der Waals surface area contributed by atoms with Crippen molar-refractivity contribution < 1.29 is 0 Å². The van der Waals surface area contributed by atoms with Crippen LogP contribution in [0.1, 0.15) is 27.5 Å². The highest BCUT2D eigenvalue weighted by molar-refractivity contribution is 7.19. The Morgan fingerprint density at radius 2 is 1.67 bits per heavy atom. The highest BCUT2D eigenvalue weighted by Crippen LogP contribution is 2.23. The van der Waals surface area contributed by atoms with E-state index < -0.39 is 0 Å². The van der Waals surface area contributed by atoms with E-state index in [-0.39, 0.29) is 11.1 Å². The molecule has 0 radical (unpaired) electrons. The molecule has 0 saturated heterocycles. The van der Waals surface area contributed by atoms with Crippen LogP contribution in [-0.2, 0) is 0 Å². The molecule has 0 spiro atoms. The normalized spacial score (nSPS) is 12.1. The molecule has 120 valence electrons. The molecule has 0 atom stereocenters. The number of fused-ring (bicyclic) bond motifs is 2. The lowest BCUT2D eigenvalue weighted by Crippen LogP contribution is -2.23. The van der Waals surface area contributed by atoms with Gasteiger partial charge in [0.2, 0.25) is 0 Å². The lowest BCUT2D eigenvalue weighted by molar-refractivity contribution is 0.781. The third-order valence-corrected chi connectivity index (χ3v) is 5.39. The number of benzene rings is 1. The molecule has 24 heavy (non-hydrogen) atoms. The van der Waals surface area contributed by atoms with Gasteiger partial charge in [0.25, 0.3) is 11.1 Å². The van der Waals surface area contributed by atoms with E-state index in [9.17, 15) is 9.59 Å². The maximum Gasteiger partial charge on any atom is 0.278 e. The second-order valence-electron chi connectivity index (χ2n) is 5.81. The Morgan fingerprint density at radius 3 is 2.42 bits per heavy atom. The summed E-state index contributed by atoms with van der Waals surface area (Å²) < 4.78 is 4.02. The monoisotopic (exact) mass is 337 g/mol. The van der Waals surface area contributed by atoms with E-state index in [2.05, 4.69) is 4.98 Å². The molecule has 0 amide bonds. The van der Waals surface area contributed by atoms with Crippen LogP contribution in [0.25, 0.3) is 22.4 Å². The Hall–Kier alpha value is -2.73. The van der Waals surface area contributed by atoms with Crippen molar-refractivity contribution >= 4 is 33.7 Å². The molecule has 3 heterocycles. The van der Waals surface area contributed by atoms with Crippen LogP contribution in [0.4, 0.5) is 0 Å². The number of aromatic nitrogens is 3. The van der Waals surface area contributed by atoms with Crippen molar-refractivity contribution in [2.75, 3.05) is 0 Å². The van der Waals surface area contributed by atoms with Gasteiger partial charge in [-0.3, -0.25) is 9.59 Å². The first-order chi connectivity index (χ1) is 11.5. The summed E-state index contributed by atoms with van der Waals surface area (Å²) in [5.74, 6) is 0. The Kier molecular flexibility index (Phi) is 3.18. The molecule has 0 bridgehead atoms. The predicted molar refractivity (Wildman–Crippen MR) is 97.3 cm³/mol. The van der Waals surface area contributed by atoms with Gasteiger partial charge in [-0.2, -0.15) is 4.52 Å². The summed E-state index contributed by atoms with van der Waals surface area (Å²) in [6.45, 7) is 5.34. The number of rotatable bonds is 2. The third kappa shape index (κ3) is 1.96. The van der Waals surface area contributed by atoms with Gasteiger partial charge in [-0.15, -0.1) is 11.3 Å². The highest BCUT2D eigenvalue weighted by atomic mass is 32.1. The van der Waals surface area contributed by atoms with Crippen molar-refractivity contribution in [3.05, 3.63) is 72.5 Å². The number of hydrogen-bond donors (Lipinski definition) is 0. The van der Waals surface area contributed by atoms with E-state index >= 15 is 0 Å². The Morgan fingerprint density at radius 1 is 0.958 bits per heavy atom. The minimum absolute atomic E-state index is 0.250. The summed E-state index contributed by atoms with van der Waals surface area (Å²) in [5, 5.41) is 0.867. The quantitative estimate of drug-likeness (QED) is 0.565. The molecule has 4 aromatic rings. The summed E-state index contributed by atoms with van der Waals surface area (Å²) in [5.41, 5.74) is 3.12. The molecule has 4 rings (SSSR count). The first kappa shape index (κ1) is 14.8. The average Bonchev–Trinajstić information content (AvgIpc) is 3.17. The van der Waals surface area contributed by atoms with Crippen LogP contribution >= 0.6 is 11.3 Å². The predicted octanol–water partition coefficient (Wildman–Crippen LogP) is 2.90. The lowest BCUT2D eigenvalue weighted by atomic mass is 10.2. The summed E-state index contributed by atoms with van der Waals surface area (Å²) in [6.07, 6.45) is 3.76. The minimum Gasteiger partial charge on any atom is -0.267 e. The number of hydrogen-bond acceptors (Lipinski definition) is 4. The SMILES string of the molecule is Cc1c(C)n2c(/C=C/c3nc4ccccc4s3)c(C)c(=O)n2c1=O. The van der Waals surface area contributed by atoms with Crippen molar-refractivity contribution in [3.8, 4) is 0 Å². The summed E-state index contributed by atoms with van der Waals surface area (Å²) in [6, 6.07) is 7.96. The molecule has 5 nitrogen and oxygen atoms in total. The number of thiazole rings is 1. The van der Waals surface area contributed by atoms with E-state index in [1.165, 1.54) is 4.52 Å². The smallest absolute Gasteiger partial charge is 0.267 e. The molecule has 0 unspecified atom stereocenters. The molecule has 0 N–H and O–H groups in total. The zero-order chi connectivity index (χ0) is 17.0. The van der Waals surface area contributed by atoms with Gasteiger partial charge in [0, 0.05) is 16.8 Å². The molecular formula is C18H15N3O2S. The van der Waals surface area contributed by atoms with Crippen LogP contribution < -0.4 is 11.1 Å². The van der Waals surface area contributed by atoms with Crippen molar-refractivity contribution in [1.29, 1.82) is 0 Å². The standard InChI is InChI=1S/C18H15N3O2S/c1-10-12(3)20-14(11(2)18(23)21(20)17(10)22)8-9-16-19-13-6-4-5-7-15(13)24-16/h4-9H,1-3H3/b9-8+. The summed E-state index contributed by atoms with van der Waals surface area (Å²) in [4.78, 5) is 29.2. The maximum atomic E-state index is 12.4. The first-order valence-corrected chi connectivity index (χ1v) is 8.41.